The lowest BCUT2D eigenvalue weighted by Crippen LogP contribution is -2.39. The first-order valence-electron chi connectivity index (χ1n) is 6.39. The van der Waals surface area contributed by atoms with E-state index in [0.29, 0.717) is 23.9 Å². The minimum Gasteiger partial charge on any atom is -0.478 e. The Morgan fingerprint density at radius 2 is 2.05 bits per heavy atom. The Bertz CT molecular complexity index is 655. The van der Waals surface area contributed by atoms with Crippen LogP contribution in [0.25, 0.3) is 0 Å². The summed E-state index contributed by atoms with van der Waals surface area (Å²) in [6.07, 6.45) is 0.847. The van der Waals surface area contributed by atoms with E-state index in [1.807, 2.05) is 0 Å². The SMILES string of the molecule is CN(CC1CC(O)C1)S(=O)(=O)c1cc(C(=O)O)ccc1Br. The number of hydrogen-bond donors (Lipinski definition) is 2. The maximum Gasteiger partial charge on any atom is 0.335 e. The minimum atomic E-state index is -3.77. The van der Waals surface area contributed by atoms with Crippen LogP contribution >= 0.6 is 15.9 Å². The molecule has 6 nitrogen and oxygen atoms in total. The van der Waals surface area contributed by atoms with Gasteiger partial charge in [-0.3, -0.25) is 0 Å². The van der Waals surface area contributed by atoms with E-state index in [1.165, 1.54) is 23.5 Å². The van der Waals surface area contributed by atoms with Gasteiger partial charge in [0.2, 0.25) is 10.0 Å². The van der Waals surface area contributed by atoms with E-state index < -0.39 is 16.0 Å². The number of carboxylic acid groups (broad SMARTS) is 1. The molecule has 0 saturated heterocycles. The first-order chi connectivity index (χ1) is 9.71. The van der Waals surface area contributed by atoms with Crippen molar-refractivity contribution in [3.63, 3.8) is 0 Å². The monoisotopic (exact) mass is 377 g/mol. The lowest BCUT2D eigenvalue weighted by molar-refractivity contribution is 0.0367. The summed E-state index contributed by atoms with van der Waals surface area (Å²) in [5.41, 5.74) is -0.0794. The predicted octanol–water partition coefficient (Wildman–Crippen LogP) is 1.54. The molecule has 0 unspecified atom stereocenters. The maximum atomic E-state index is 12.5. The van der Waals surface area contributed by atoms with Gasteiger partial charge in [-0.1, -0.05) is 0 Å². The number of carbonyl (C=O) groups is 1. The van der Waals surface area contributed by atoms with Crippen LogP contribution in [-0.2, 0) is 10.0 Å². The Balaban J connectivity index is 2.26. The number of carboxylic acids is 1. The molecule has 0 amide bonds. The predicted molar refractivity (Wildman–Crippen MR) is 79.6 cm³/mol. The molecule has 21 heavy (non-hydrogen) atoms. The number of nitrogens with zero attached hydrogens (tertiary/aromatic N) is 1. The minimum absolute atomic E-state index is 0.0650. The third-order valence-electron chi connectivity index (χ3n) is 3.59. The molecular formula is C13H16BrNO5S. The molecular weight excluding hydrogens is 362 g/mol. The topological polar surface area (TPSA) is 94.9 Å². The molecule has 2 N–H and O–H groups in total. The van der Waals surface area contributed by atoms with Gasteiger partial charge in [-0.2, -0.15) is 0 Å². The number of aromatic carboxylic acids is 1. The second-order valence-corrected chi connectivity index (χ2v) is 8.09. The summed E-state index contributed by atoms with van der Waals surface area (Å²) >= 11 is 3.15. The molecule has 1 aromatic rings. The molecule has 8 heteroatoms. The lowest BCUT2D eigenvalue weighted by Gasteiger charge is -2.34. The number of aliphatic hydroxyl groups excluding tert-OH is 1. The van der Waals surface area contributed by atoms with Crippen molar-refractivity contribution in [3.8, 4) is 0 Å². The molecule has 1 aromatic carbocycles. The average molecular weight is 378 g/mol. The molecule has 2 rings (SSSR count). The molecule has 1 aliphatic carbocycles. The summed E-state index contributed by atoms with van der Waals surface area (Å²) in [6, 6.07) is 3.90. The molecule has 0 aromatic heterocycles. The first-order valence-corrected chi connectivity index (χ1v) is 8.62. The molecule has 0 bridgehead atoms. The molecule has 0 heterocycles. The fraction of sp³-hybridized carbons (Fsp3) is 0.462. The van der Waals surface area contributed by atoms with E-state index >= 15 is 0 Å². The summed E-state index contributed by atoms with van der Waals surface area (Å²) in [7, 11) is -2.31. The number of sulfonamides is 1. The Morgan fingerprint density at radius 3 is 2.57 bits per heavy atom. The van der Waals surface area contributed by atoms with Crippen LogP contribution in [-0.4, -0.2) is 48.6 Å². The summed E-state index contributed by atoms with van der Waals surface area (Å²) in [6.45, 7) is 0.309. The van der Waals surface area contributed by atoms with Gasteiger partial charge in [0.15, 0.2) is 0 Å². The van der Waals surface area contributed by atoms with E-state index in [2.05, 4.69) is 15.9 Å². The Morgan fingerprint density at radius 1 is 1.43 bits per heavy atom. The Hall–Kier alpha value is -0.960. The summed E-state index contributed by atoms with van der Waals surface area (Å²) in [5, 5.41) is 18.2. The van der Waals surface area contributed by atoms with Gasteiger partial charge < -0.3 is 10.2 Å². The fourth-order valence-electron chi connectivity index (χ4n) is 2.31. The van der Waals surface area contributed by atoms with Crippen LogP contribution in [0.2, 0.25) is 0 Å². The molecule has 0 aliphatic heterocycles. The van der Waals surface area contributed by atoms with Crippen LogP contribution in [0.5, 0.6) is 0 Å². The zero-order valence-corrected chi connectivity index (χ0v) is 13.8. The number of hydrogen-bond acceptors (Lipinski definition) is 4. The van der Waals surface area contributed by atoms with Crippen molar-refractivity contribution < 1.29 is 23.4 Å². The van der Waals surface area contributed by atoms with Crippen LogP contribution in [0, 0.1) is 5.92 Å². The van der Waals surface area contributed by atoms with Crippen molar-refractivity contribution in [3.05, 3.63) is 28.2 Å². The maximum absolute atomic E-state index is 12.5. The third kappa shape index (κ3) is 3.45. The highest BCUT2D eigenvalue weighted by molar-refractivity contribution is 9.10. The van der Waals surface area contributed by atoms with Crippen molar-refractivity contribution >= 4 is 31.9 Å². The van der Waals surface area contributed by atoms with Gasteiger partial charge in [0, 0.05) is 18.1 Å². The highest BCUT2D eigenvalue weighted by atomic mass is 79.9. The Labute approximate surface area is 131 Å². The van der Waals surface area contributed by atoms with Gasteiger partial charge >= 0.3 is 5.97 Å². The normalized spacial score (nSPS) is 22.1. The van der Waals surface area contributed by atoms with Crippen LogP contribution in [0.15, 0.2) is 27.6 Å². The molecule has 116 valence electrons. The lowest BCUT2D eigenvalue weighted by atomic mass is 9.82. The van der Waals surface area contributed by atoms with E-state index in [0.717, 1.165) is 6.07 Å². The van der Waals surface area contributed by atoms with E-state index in [9.17, 15) is 18.3 Å². The zero-order chi connectivity index (χ0) is 15.8. The van der Waals surface area contributed by atoms with Gasteiger partial charge in [-0.15, -0.1) is 0 Å². The van der Waals surface area contributed by atoms with Gasteiger partial charge in [0.1, 0.15) is 0 Å². The molecule has 0 radical (unpaired) electrons. The van der Waals surface area contributed by atoms with E-state index in [-0.39, 0.29) is 22.5 Å². The van der Waals surface area contributed by atoms with Crippen LogP contribution in [0.1, 0.15) is 23.2 Å². The quantitative estimate of drug-likeness (QED) is 0.811. The number of benzene rings is 1. The Kier molecular flexibility index (Phi) is 4.72. The van der Waals surface area contributed by atoms with Crippen molar-refractivity contribution in [2.45, 2.75) is 23.8 Å². The van der Waals surface area contributed by atoms with Crippen LogP contribution < -0.4 is 0 Å². The van der Waals surface area contributed by atoms with Crippen LogP contribution in [0.4, 0.5) is 0 Å². The van der Waals surface area contributed by atoms with Gasteiger partial charge in [-0.25, -0.2) is 17.5 Å². The highest BCUT2D eigenvalue weighted by Crippen LogP contribution is 2.31. The second-order valence-electron chi connectivity index (χ2n) is 5.23. The van der Waals surface area contributed by atoms with Crippen molar-refractivity contribution in [1.29, 1.82) is 0 Å². The summed E-state index contributed by atoms with van der Waals surface area (Å²) in [4.78, 5) is 10.9. The molecule has 0 spiro atoms. The highest BCUT2D eigenvalue weighted by Gasteiger charge is 2.32. The second kappa shape index (κ2) is 6.04. The smallest absolute Gasteiger partial charge is 0.335 e. The van der Waals surface area contributed by atoms with Gasteiger partial charge in [0.05, 0.1) is 16.6 Å². The number of rotatable bonds is 5. The number of aliphatic hydroxyl groups is 1. The molecule has 1 fully saturated rings. The molecule has 1 aliphatic rings. The van der Waals surface area contributed by atoms with Crippen molar-refractivity contribution in [2.24, 2.45) is 5.92 Å². The standard InChI is InChI=1S/C13H16BrNO5S/c1-15(7-8-4-10(16)5-8)21(19,20)12-6-9(13(17)18)2-3-11(12)14/h2-3,6,8,10,16H,4-5,7H2,1H3,(H,17,18). The van der Waals surface area contributed by atoms with E-state index in [1.54, 1.807) is 0 Å². The van der Waals surface area contributed by atoms with Crippen molar-refractivity contribution in [2.75, 3.05) is 13.6 Å². The first kappa shape index (κ1) is 16.4. The molecule has 1 saturated carbocycles. The van der Waals surface area contributed by atoms with Crippen LogP contribution in [0.3, 0.4) is 0 Å². The third-order valence-corrected chi connectivity index (χ3v) is 6.41. The van der Waals surface area contributed by atoms with Gasteiger partial charge in [-0.05, 0) is 52.9 Å². The fourth-order valence-corrected chi connectivity index (χ4v) is 4.51. The average Bonchev–Trinajstić information content (AvgIpc) is 2.36. The summed E-state index contributed by atoms with van der Waals surface area (Å²) in [5.74, 6) is -1.04. The van der Waals surface area contributed by atoms with E-state index in [4.69, 9.17) is 5.11 Å². The van der Waals surface area contributed by atoms with Crippen molar-refractivity contribution in [1.82, 2.24) is 4.31 Å². The summed E-state index contributed by atoms with van der Waals surface area (Å²) < 4.78 is 26.6. The zero-order valence-electron chi connectivity index (χ0n) is 11.4. The van der Waals surface area contributed by atoms with Gasteiger partial charge in [0.25, 0.3) is 0 Å². The molecule has 0 atom stereocenters. The number of halogens is 1. The largest absolute Gasteiger partial charge is 0.478 e.